The second kappa shape index (κ2) is 4.50. The van der Waals surface area contributed by atoms with E-state index in [1.807, 2.05) is 18.2 Å². The van der Waals surface area contributed by atoms with Crippen molar-refractivity contribution in [3.8, 4) is 22.3 Å². The molecule has 3 aromatic carbocycles. The van der Waals surface area contributed by atoms with Crippen LogP contribution in [-0.2, 0) is 6.42 Å². The molecule has 1 heteroatoms. The standard InChI is InChI=1S/C19H13Cl/c20-19-11-4-3-8-17(19)16-10-5-9-15-14-7-2-1-6-13(14)12-18(15)16/h1-11H,12H2. The number of rotatable bonds is 1. The largest absolute Gasteiger partial charge is 0.0837 e. The molecular formula is C19H13Cl. The second-order valence-corrected chi connectivity index (χ2v) is 5.55. The Balaban J connectivity index is 1.97. The van der Waals surface area contributed by atoms with Crippen LogP contribution in [0.3, 0.4) is 0 Å². The summed E-state index contributed by atoms with van der Waals surface area (Å²) >= 11 is 6.37. The van der Waals surface area contributed by atoms with Crippen molar-refractivity contribution in [2.45, 2.75) is 6.42 Å². The Morgan fingerprint density at radius 2 is 1.20 bits per heavy atom. The number of fused-ring (bicyclic) bond motifs is 3. The van der Waals surface area contributed by atoms with E-state index in [9.17, 15) is 0 Å². The number of hydrogen-bond donors (Lipinski definition) is 0. The predicted octanol–water partition coefficient (Wildman–Crippen LogP) is 5.58. The van der Waals surface area contributed by atoms with E-state index in [0.717, 1.165) is 17.0 Å². The highest BCUT2D eigenvalue weighted by molar-refractivity contribution is 6.33. The number of halogens is 1. The van der Waals surface area contributed by atoms with Gasteiger partial charge in [-0.3, -0.25) is 0 Å². The summed E-state index contributed by atoms with van der Waals surface area (Å²) in [6, 6.07) is 23.2. The van der Waals surface area contributed by atoms with Gasteiger partial charge in [-0.05, 0) is 40.3 Å². The van der Waals surface area contributed by atoms with Gasteiger partial charge in [-0.1, -0.05) is 72.3 Å². The lowest BCUT2D eigenvalue weighted by Gasteiger charge is -2.10. The summed E-state index contributed by atoms with van der Waals surface area (Å²) < 4.78 is 0. The van der Waals surface area contributed by atoms with Gasteiger partial charge in [0.15, 0.2) is 0 Å². The van der Waals surface area contributed by atoms with Crippen molar-refractivity contribution in [1.82, 2.24) is 0 Å². The third kappa shape index (κ3) is 1.69. The minimum atomic E-state index is 0.817. The molecule has 0 N–H and O–H groups in total. The van der Waals surface area contributed by atoms with Crippen LogP contribution in [0.2, 0.25) is 5.02 Å². The van der Waals surface area contributed by atoms with Gasteiger partial charge in [0.2, 0.25) is 0 Å². The molecule has 20 heavy (non-hydrogen) atoms. The second-order valence-electron chi connectivity index (χ2n) is 5.15. The van der Waals surface area contributed by atoms with Gasteiger partial charge in [0.25, 0.3) is 0 Å². The van der Waals surface area contributed by atoms with E-state index in [4.69, 9.17) is 11.6 Å². The van der Waals surface area contributed by atoms with Gasteiger partial charge < -0.3 is 0 Å². The maximum atomic E-state index is 6.37. The van der Waals surface area contributed by atoms with Crippen molar-refractivity contribution >= 4 is 11.6 Å². The van der Waals surface area contributed by atoms with Crippen LogP contribution >= 0.6 is 11.6 Å². The lowest BCUT2D eigenvalue weighted by molar-refractivity contribution is 1.26. The van der Waals surface area contributed by atoms with Crippen LogP contribution in [0.25, 0.3) is 22.3 Å². The normalized spacial score (nSPS) is 12.1. The van der Waals surface area contributed by atoms with E-state index < -0.39 is 0 Å². The fourth-order valence-corrected chi connectivity index (χ4v) is 3.33. The van der Waals surface area contributed by atoms with Gasteiger partial charge in [0.05, 0.1) is 0 Å². The number of benzene rings is 3. The van der Waals surface area contributed by atoms with Crippen LogP contribution < -0.4 is 0 Å². The Morgan fingerprint density at radius 1 is 0.600 bits per heavy atom. The Hall–Kier alpha value is -2.05. The monoisotopic (exact) mass is 276 g/mol. The summed E-state index contributed by atoms with van der Waals surface area (Å²) in [6.45, 7) is 0. The molecule has 0 aliphatic heterocycles. The van der Waals surface area contributed by atoms with Crippen molar-refractivity contribution in [1.29, 1.82) is 0 Å². The smallest absolute Gasteiger partial charge is 0.0484 e. The fourth-order valence-electron chi connectivity index (χ4n) is 3.09. The zero-order valence-corrected chi connectivity index (χ0v) is 11.7. The summed E-state index contributed by atoms with van der Waals surface area (Å²) in [5.41, 5.74) is 7.88. The zero-order valence-electron chi connectivity index (χ0n) is 10.9. The molecule has 0 radical (unpaired) electrons. The molecule has 0 amide bonds. The Labute approximate surface area is 123 Å². The molecule has 3 aromatic rings. The molecule has 4 rings (SSSR count). The van der Waals surface area contributed by atoms with Crippen molar-refractivity contribution in [3.05, 3.63) is 82.9 Å². The molecule has 0 aromatic heterocycles. The fraction of sp³-hybridized carbons (Fsp3) is 0.0526. The van der Waals surface area contributed by atoms with E-state index >= 15 is 0 Å². The summed E-state index contributed by atoms with van der Waals surface area (Å²) in [5.74, 6) is 0. The third-order valence-electron chi connectivity index (χ3n) is 4.01. The lowest BCUT2D eigenvalue weighted by atomic mass is 9.96. The van der Waals surface area contributed by atoms with Crippen LogP contribution in [-0.4, -0.2) is 0 Å². The summed E-state index contributed by atoms with van der Waals surface area (Å²) in [7, 11) is 0. The molecule has 0 saturated carbocycles. The Morgan fingerprint density at radius 3 is 2.00 bits per heavy atom. The maximum Gasteiger partial charge on any atom is 0.0484 e. The van der Waals surface area contributed by atoms with Crippen LogP contribution in [0.15, 0.2) is 66.7 Å². The highest BCUT2D eigenvalue weighted by Crippen LogP contribution is 2.42. The molecule has 0 spiro atoms. The summed E-state index contributed by atoms with van der Waals surface area (Å²) in [6.07, 6.45) is 0.993. The Bertz CT molecular complexity index is 802. The molecule has 96 valence electrons. The zero-order chi connectivity index (χ0) is 13.5. The van der Waals surface area contributed by atoms with Gasteiger partial charge in [-0.15, -0.1) is 0 Å². The first-order valence-electron chi connectivity index (χ1n) is 6.79. The van der Waals surface area contributed by atoms with Gasteiger partial charge in [-0.2, -0.15) is 0 Å². The molecule has 0 saturated heterocycles. The van der Waals surface area contributed by atoms with E-state index in [0.29, 0.717) is 0 Å². The van der Waals surface area contributed by atoms with E-state index in [1.165, 1.54) is 27.8 Å². The molecule has 1 aliphatic carbocycles. The van der Waals surface area contributed by atoms with Crippen LogP contribution in [0.4, 0.5) is 0 Å². The van der Waals surface area contributed by atoms with Gasteiger partial charge in [-0.25, -0.2) is 0 Å². The summed E-state index contributed by atoms with van der Waals surface area (Å²) in [4.78, 5) is 0. The van der Waals surface area contributed by atoms with Crippen LogP contribution in [0.5, 0.6) is 0 Å². The molecule has 0 unspecified atom stereocenters. The Kier molecular flexibility index (Phi) is 2.64. The first-order chi connectivity index (χ1) is 9.84. The van der Waals surface area contributed by atoms with Gasteiger partial charge in [0, 0.05) is 10.6 Å². The molecule has 1 aliphatic rings. The van der Waals surface area contributed by atoms with E-state index in [2.05, 4.69) is 48.5 Å². The minimum absolute atomic E-state index is 0.817. The van der Waals surface area contributed by atoms with Crippen molar-refractivity contribution in [3.63, 3.8) is 0 Å². The highest BCUT2D eigenvalue weighted by atomic mass is 35.5. The highest BCUT2D eigenvalue weighted by Gasteiger charge is 2.21. The first-order valence-corrected chi connectivity index (χ1v) is 7.17. The molecule has 0 bridgehead atoms. The molecular weight excluding hydrogens is 264 g/mol. The first kappa shape index (κ1) is 11.7. The van der Waals surface area contributed by atoms with Crippen LogP contribution in [0.1, 0.15) is 11.1 Å². The van der Waals surface area contributed by atoms with Gasteiger partial charge >= 0.3 is 0 Å². The third-order valence-corrected chi connectivity index (χ3v) is 4.34. The quantitative estimate of drug-likeness (QED) is 0.426. The van der Waals surface area contributed by atoms with Crippen LogP contribution in [0, 0.1) is 0 Å². The SMILES string of the molecule is Clc1ccccc1-c1cccc2c1Cc1ccccc1-2. The van der Waals surface area contributed by atoms with Crippen molar-refractivity contribution < 1.29 is 0 Å². The molecule has 0 fully saturated rings. The van der Waals surface area contributed by atoms with Crippen molar-refractivity contribution in [2.24, 2.45) is 0 Å². The minimum Gasteiger partial charge on any atom is -0.0837 e. The maximum absolute atomic E-state index is 6.37. The average Bonchev–Trinajstić information content (AvgIpc) is 2.86. The van der Waals surface area contributed by atoms with E-state index in [1.54, 1.807) is 0 Å². The van der Waals surface area contributed by atoms with Gasteiger partial charge in [0.1, 0.15) is 0 Å². The predicted molar refractivity (Wildman–Crippen MR) is 85.1 cm³/mol. The molecule has 0 nitrogen and oxygen atoms in total. The average molecular weight is 277 g/mol. The molecule has 0 heterocycles. The topological polar surface area (TPSA) is 0 Å². The van der Waals surface area contributed by atoms with E-state index in [-0.39, 0.29) is 0 Å². The summed E-state index contributed by atoms with van der Waals surface area (Å²) in [5, 5.41) is 0.817. The number of hydrogen-bond acceptors (Lipinski definition) is 0. The lowest BCUT2D eigenvalue weighted by Crippen LogP contribution is -1.88. The van der Waals surface area contributed by atoms with Crippen molar-refractivity contribution in [2.75, 3.05) is 0 Å². The molecule has 0 atom stereocenters.